The highest BCUT2D eigenvalue weighted by Crippen LogP contribution is 2.20. The number of likely N-dealkylation sites (tertiary alicyclic amines) is 1. The quantitative estimate of drug-likeness (QED) is 0.921. The molecule has 1 aliphatic heterocycles. The lowest BCUT2D eigenvalue weighted by atomic mass is 10.1. The zero-order chi connectivity index (χ0) is 17.8. The van der Waals surface area contributed by atoms with Gasteiger partial charge in [-0.3, -0.25) is 9.59 Å². The van der Waals surface area contributed by atoms with Gasteiger partial charge in [0, 0.05) is 13.1 Å². The summed E-state index contributed by atoms with van der Waals surface area (Å²) in [6.07, 6.45) is 5.51. The molecule has 3 heterocycles. The van der Waals surface area contributed by atoms with E-state index < -0.39 is 5.56 Å². The first-order chi connectivity index (χ1) is 12.0. The molecule has 0 radical (unpaired) electrons. The molecule has 25 heavy (non-hydrogen) atoms. The molecule has 0 saturated carbocycles. The van der Waals surface area contributed by atoms with Crippen molar-refractivity contribution in [3.05, 3.63) is 34.3 Å². The summed E-state index contributed by atoms with van der Waals surface area (Å²) in [6.45, 7) is 3.20. The first-order valence-electron chi connectivity index (χ1n) is 8.77. The first-order valence-corrected chi connectivity index (χ1v) is 8.77. The Morgan fingerprint density at radius 2 is 1.88 bits per heavy atom. The molecule has 0 bridgehead atoms. The highest BCUT2D eigenvalue weighted by atomic mass is 16.3. The van der Waals surface area contributed by atoms with Gasteiger partial charge < -0.3 is 15.1 Å². The van der Waals surface area contributed by atoms with Gasteiger partial charge in [-0.2, -0.15) is 5.10 Å². The molecule has 0 atom stereocenters. The average Bonchev–Trinajstić information content (AvgIpc) is 2.97. The second-order valence-corrected chi connectivity index (χ2v) is 6.51. The number of aromatic nitrogens is 2. The Labute approximate surface area is 146 Å². The molecule has 2 N–H and O–H groups in total. The van der Waals surface area contributed by atoms with Crippen LogP contribution in [0.25, 0.3) is 11.5 Å². The summed E-state index contributed by atoms with van der Waals surface area (Å²) < 4.78 is 6.68. The Morgan fingerprint density at radius 3 is 2.52 bits per heavy atom. The lowest BCUT2D eigenvalue weighted by Gasteiger charge is -2.25. The number of furan rings is 1. The Bertz CT molecular complexity index is 801. The Kier molecular flexibility index (Phi) is 5.21. The van der Waals surface area contributed by atoms with Gasteiger partial charge in [-0.15, -0.1) is 0 Å². The molecule has 3 rings (SSSR count). The van der Waals surface area contributed by atoms with Crippen LogP contribution < -0.4 is 11.3 Å². The van der Waals surface area contributed by atoms with E-state index in [0.717, 1.165) is 49.2 Å². The smallest absolute Gasteiger partial charge is 0.290 e. The molecule has 1 amide bonds. The summed E-state index contributed by atoms with van der Waals surface area (Å²) in [5.41, 5.74) is 5.88. The number of aryl methyl sites for hydroxylation is 1. The molecule has 2 aromatic heterocycles. The Hall–Kier alpha value is -2.57. The predicted octanol–water partition coefficient (Wildman–Crippen LogP) is 2.19. The molecule has 7 nitrogen and oxygen atoms in total. The van der Waals surface area contributed by atoms with Crippen molar-refractivity contribution in [3.8, 4) is 11.5 Å². The molecule has 1 fully saturated rings. The summed E-state index contributed by atoms with van der Waals surface area (Å²) in [5, 5.41) is 4.28. The van der Waals surface area contributed by atoms with Gasteiger partial charge in [-0.05, 0) is 38.0 Å². The van der Waals surface area contributed by atoms with Crippen molar-refractivity contribution >= 4 is 11.6 Å². The minimum absolute atomic E-state index is 0.0551. The van der Waals surface area contributed by atoms with Crippen LogP contribution in [0.4, 0.5) is 5.69 Å². The predicted molar refractivity (Wildman–Crippen MR) is 95.0 cm³/mol. The van der Waals surface area contributed by atoms with Crippen molar-refractivity contribution < 1.29 is 9.21 Å². The third-order valence-electron chi connectivity index (χ3n) is 4.49. The van der Waals surface area contributed by atoms with Gasteiger partial charge in [0.15, 0.2) is 5.76 Å². The minimum atomic E-state index is -0.451. The SMILES string of the molecule is Cc1ccc(-c2cc(N)c(=O)n(CC(=O)N3CCCCCCC3)n2)o1. The van der Waals surface area contributed by atoms with E-state index in [1.165, 1.54) is 12.5 Å². The maximum absolute atomic E-state index is 12.6. The van der Waals surface area contributed by atoms with E-state index in [4.69, 9.17) is 10.2 Å². The lowest BCUT2D eigenvalue weighted by Crippen LogP contribution is -2.39. The maximum atomic E-state index is 12.6. The molecule has 0 unspecified atom stereocenters. The Balaban J connectivity index is 1.82. The summed E-state index contributed by atoms with van der Waals surface area (Å²) in [7, 11) is 0. The summed E-state index contributed by atoms with van der Waals surface area (Å²) in [4.78, 5) is 26.7. The topological polar surface area (TPSA) is 94.4 Å². The maximum Gasteiger partial charge on any atom is 0.290 e. The van der Waals surface area contributed by atoms with Crippen LogP contribution in [-0.2, 0) is 11.3 Å². The number of amides is 1. The molecule has 134 valence electrons. The molecular weight excluding hydrogens is 320 g/mol. The molecule has 7 heteroatoms. The van der Waals surface area contributed by atoms with Crippen LogP contribution >= 0.6 is 0 Å². The third-order valence-corrected chi connectivity index (χ3v) is 4.49. The number of rotatable bonds is 3. The van der Waals surface area contributed by atoms with Gasteiger partial charge in [0.05, 0.1) is 0 Å². The normalized spacial score (nSPS) is 15.6. The van der Waals surface area contributed by atoms with E-state index in [1.807, 2.05) is 17.9 Å². The first kappa shape index (κ1) is 17.3. The number of nitrogens with zero attached hydrogens (tertiary/aromatic N) is 3. The molecule has 2 aromatic rings. The van der Waals surface area contributed by atoms with Crippen molar-refractivity contribution in [1.82, 2.24) is 14.7 Å². The van der Waals surface area contributed by atoms with Crippen molar-refractivity contribution in [3.63, 3.8) is 0 Å². The average molecular weight is 344 g/mol. The molecule has 0 aromatic carbocycles. The molecule has 1 saturated heterocycles. The monoisotopic (exact) mass is 344 g/mol. The van der Waals surface area contributed by atoms with E-state index in [1.54, 1.807) is 6.07 Å². The van der Waals surface area contributed by atoms with E-state index in [2.05, 4.69) is 5.10 Å². The second kappa shape index (κ2) is 7.55. The molecule has 0 aliphatic carbocycles. The summed E-state index contributed by atoms with van der Waals surface area (Å²) in [5.74, 6) is 1.17. The number of anilines is 1. The van der Waals surface area contributed by atoms with Gasteiger partial charge in [0.25, 0.3) is 5.56 Å². The van der Waals surface area contributed by atoms with Crippen molar-refractivity contribution in [2.75, 3.05) is 18.8 Å². The number of carbonyl (C=O) groups is 1. The third kappa shape index (κ3) is 4.10. The largest absolute Gasteiger partial charge is 0.460 e. The lowest BCUT2D eigenvalue weighted by molar-refractivity contribution is -0.132. The van der Waals surface area contributed by atoms with Gasteiger partial charge in [0.1, 0.15) is 23.7 Å². The van der Waals surface area contributed by atoms with Crippen molar-refractivity contribution in [2.24, 2.45) is 0 Å². The summed E-state index contributed by atoms with van der Waals surface area (Å²) in [6, 6.07) is 5.07. The highest BCUT2D eigenvalue weighted by molar-refractivity contribution is 5.76. The number of nitrogens with two attached hydrogens (primary N) is 1. The zero-order valence-electron chi connectivity index (χ0n) is 14.5. The van der Waals surface area contributed by atoms with Crippen LogP contribution in [-0.4, -0.2) is 33.7 Å². The zero-order valence-corrected chi connectivity index (χ0v) is 14.5. The van der Waals surface area contributed by atoms with Gasteiger partial charge in [-0.25, -0.2) is 4.68 Å². The van der Waals surface area contributed by atoms with E-state index in [9.17, 15) is 9.59 Å². The van der Waals surface area contributed by atoms with Crippen LogP contribution in [0.1, 0.15) is 37.9 Å². The number of hydrogen-bond donors (Lipinski definition) is 1. The number of nitrogen functional groups attached to an aromatic ring is 1. The molecule has 1 aliphatic rings. The summed E-state index contributed by atoms with van der Waals surface area (Å²) >= 11 is 0. The van der Waals surface area contributed by atoms with Gasteiger partial charge in [-0.1, -0.05) is 19.3 Å². The van der Waals surface area contributed by atoms with Crippen LogP contribution in [0.5, 0.6) is 0 Å². The fraction of sp³-hybridized carbons (Fsp3) is 0.500. The van der Waals surface area contributed by atoms with Crippen LogP contribution in [0, 0.1) is 6.92 Å². The van der Waals surface area contributed by atoms with Crippen LogP contribution in [0.2, 0.25) is 0 Å². The molecular formula is C18H24N4O3. The van der Waals surface area contributed by atoms with Gasteiger partial charge in [0.2, 0.25) is 5.91 Å². The van der Waals surface area contributed by atoms with Crippen LogP contribution in [0.15, 0.2) is 27.4 Å². The highest BCUT2D eigenvalue weighted by Gasteiger charge is 2.18. The minimum Gasteiger partial charge on any atom is -0.460 e. The Morgan fingerprint density at radius 1 is 1.20 bits per heavy atom. The number of hydrogen-bond acceptors (Lipinski definition) is 5. The fourth-order valence-corrected chi connectivity index (χ4v) is 3.09. The number of carbonyl (C=O) groups excluding carboxylic acids is 1. The van der Waals surface area contributed by atoms with Crippen molar-refractivity contribution in [2.45, 2.75) is 45.6 Å². The second-order valence-electron chi connectivity index (χ2n) is 6.51. The van der Waals surface area contributed by atoms with Crippen LogP contribution in [0.3, 0.4) is 0 Å². The molecule has 0 spiro atoms. The van der Waals surface area contributed by atoms with Crippen molar-refractivity contribution in [1.29, 1.82) is 0 Å². The fourth-order valence-electron chi connectivity index (χ4n) is 3.09. The van der Waals surface area contributed by atoms with E-state index in [0.29, 0.717) is 11.5 Å². The van der Waals surface area contributed by atoms with E-state index in [-0.39, 0.29) is 18.1 Å². The van der Waals surface area contributed by atoms with E-state index >= 15 is 0 Å². The van der Waals surface area contributed by atoms with Gasteiger partial charge >= 0.3 is 0 Å². The standard InChI is InChI=1S/C18H24N4O3/c1-13-7-8-16(25-13)15-11-14(19)18(24)22(20-15)12-17(23)21-9-5-3-2-4-6-10-21/h7-8,11H,2-6,9-10,12,19H2,1H3.